The Morgan fingerprint density at radius 3 is 0.871 bits per heavy atom. The molecule has 6 aromatic carbocycles. The molecular formula is C58H46N8O4. The van der Waals surface area contributed by atoms with Crippen LogP contribution in [0.5, 0.6) is 0 Å². The van der Waals surface area contributed by atoms with E-state index in [2.05, 4.69) is 5.10 Å². The van der Waals surface area contributed by atoms with Gasteiger partial charge in [0.15, 0.2) is 0 Å². The fraction of sp³-hybridized carbons (Fsp3) is 0.103. The first-order chi connectivity index (χ1) is 34.1. The van der Waals surface area contributed by atoms with E-state index in [1.165, 1.54) is 32.6 Å². The van der Waals surface area contributed by atoms with Gasteiger partial charge < -0.3 is 0 Å². The first-order valence-corrected chi connectivity index (χ1v) is 23.1. The van der Waals surface area contributed by atoms with Crippen LogP contribution in [0.15, 0.2) is 182 Å². The zero-order chi connectivity index (χ0) is 48.5. The Morgan fingerprint density at radius 1 is 0.314 bits per heavy atom. The maximum absolute atomic E-state index is 13.4. The molecule has 12 heteroatoms. The van der Waals surface area contributed by atoms with Gasteiger partial charge in [0.05, 0.1) is 45.6 Å². The van der Waals surface area contributed by atoms with Crippen LogP contribution >= 0.6 is 0 Å². The van der Waals surface area contributed by atoms with Crippen LogP contribution in [0.3, 0.4) is 0 Å². The van der Waals surface area contributed by atoms with Gasteiger partial charge in [-0.05, 0) is 47.5 Å². The van der Waals surface area contributed by atoms with E-state index in [0.717, 1.165) is 61.3 Å². The third-order valence-corrected chi connectivity index (χ3v) is 12.3. The van der Waals surface area contributed by atoms with E-state index in [1.807, 2.05) is 196 Å². The van der Waals surface area contributed by atoms with Crippen molar-refractivity contribution in [3.05, 3.63) is 182 Å². The smallest absolute Gasteiger partial charge is 0.247 e. The predicted octanol–water partition coefficient (Wildman–Crippen LogP) is 12.9. The fourth-order valence-corrected chi connectivity index (χ4v) is 8.63. The van der Waals surface area contributed by atoms with E-state index >= 15 is 0 Å². The summed E-state index contributed by atoms with van der Waals surface area (Å²) in [5.74, 6) is -0.658. The second-order valence-electron chi connectivity index (χ2n) is 16.9. The van der Waals surface area contributed by atoms with Crippen LogP contribution in [-0.2, 0) is 0 Å². The molecule has 10 aromatic rings. The highest BCUT2D eigenvalue weighted by atomic mass is 16.2. The SMILES string of the molecule is CCC(=O)n1nc(-c2cccc(-c3cc(-c4ccc(-c5ccc(-c6cc(-c7cccc(-c8cc(-c9ccccc9)n(C(C)=O)n8)c7)nn6C(C)=O)cc5)cc4)n(C(=O)CC)n3)c2)cc1-c1ccccc1. The van der Waals surface area contributed by atoms with Gasteiger partial charge in [-0.15, -0.1) is 0 Å². The summed E-state index contributed by atoms with van der Waals surface area (Å²) in [6.45, 7) is 6.62. The second kappa shape index (κ2) is 18.8. The monoisotopic (exact) mass is 918 g/mol. The van der Waals surface area contributed by atoms with Gasteiger partial charge in [0, 0.05) is 71.2 Å². The minimum Gasteiger partial charge on any atom is -0.273 e. The first kappa shape index (κ1) is 44.7. The van der Waals surface area contributed by atoms with Gasteiger partial charge in [-0.25, -0.2) is 0 Å². The molecule has 0 atom stereocenters. The molecular weight excluding hydrogens is 873 g/mol. The summed E-state index contributed by atoms with van der Waals surface area (Å²) in [5.41, 5.74) is 13.9. The number of carbonyl (C=O) groups excluding carboxylic acids is 4. The molecule has 4 heterocycles. The Hall–Kier alpha value is -9.16. The molecule has 0 N–H and O–H groups in total. The van der Waals surface area contributed by atoms with Crippen molar-refractivity contribution in [3.63, 3.8) is 0 Å². The molecule has 10 rings (SSSR count). The maximum Gasteiger partial charge on any atom is 0.247 e. The van der Waals surface area contributed by atoms with Crippen LogP contribution in [0.2, 0.25) is 0 Å². The Balaban J connectivity index is 0.906. The molecule has 0 amide bonds. The summed E-state index contributed by atoms with van der Waals surface area (Å²) < 4.78 is 5.78. The van der Waals surface area contributed by atoms with E-state index in [-0.39, 0.29) is 30.0 Å². The van der Waals surface area contributed by atoms with Crippen molar-refractivity contribution in [2.75, 3.05) is 0 Å². The van der Waals surface area contributed by atoms with Gasteiger partial charge in [-0.1, -0.05) is 159 Å². The molecule has 0 fully saturated rings. The van der Waals surface area contributed by atoms with Crippen molar-refractivity contribution in [1.29, 1.82) is 0 Å². The van der Waals surface area contributed by atoms with E-state index in [4.69, 9.17) is 15.3 Å². The molecule has 0 radical (unpaired) electrons. The van der Waals surface area contributed by atoms with Crippen molar-refractivity contribution < 1.29 is 19.2 Å². The van der Waals surface area contributed by atoms with Crippen molar-refractivity contribution in [2.24, 2.45) is 0 Å². The number of nitrogens with zero attached hydrogens (tertiary/aromatic N) is 8. The van der Waals surface area contributed by atoms with Crippen LogP contribution in [0.25, 0.3) is 101 Å². The Kier molecular flexibility index (Phi) is 12.0. The molecule has 0 unspecified atom stereocenters. The topological polar surface area (TPSA) is 140 Å². The summed E-state index contributed by atoms with van der Waals surface area (Å²) in [5, 5.41) is 18.9. The van der Waals surface area contributed by atoms with Gasteiger partial charge >= 0.3 is 0 Å². The average molecular weight is 919 g/mol. The van der Waals surface area contributed by atoms with Gasteiger partial charge in [0.1, 0.15) is 0 Å². The van der Waals surface area contributed by atoms with E-state index in [9.17, 15) is 19.2 Å². The van der Waals surface area contributed by atoms with Crippen molar-refractivity contribution in [1.82, 2.24) is 39.1 Å². The molecule has 0 saturated heterocycles. The highest BCUT2D eigenvalue weighted by molar-refractivity contribution is 5.89. The van der Waals surface area contributed by atoms with E-state index in [1.54, 1.807) is 0 Å². The van der Waals surface area contributed by atoms with Crippen LogP contribution in [0.4, 0.5) is 0 Å². The molecule has 12 nitrogen and oxygen atoms in total. The molecule has 4 aromatic heterocycles. The van der Waals surface area contributed by atoms with Gasteiger partial charge in [-0.3, -0.25) is 19.2 Å². The molecule has 342 valence electrons. The highest BCUT2D eigenvalue weighted by Crippen LogP contribution is 2.35. The van der Waals surface area contributed by atoms with Crippen molar-refractivity contribution in [2.45, 2.75) is 40.5 Å². The van der Waals surface area contributed by atoms with Gasteiger partial charge in [-0.2, -0.15) is 39.1 Å². The Bertz CT molecular complexity index is 3600. The zero-order valence-corrected chi connectivity index (χ0v) is 38.9. The number of aromatic nitrogens is 8. The number of hydrogen-bond donors (Lipinski definition) is 0. The van der Waals surface area contributed by atoms with Crippen molar-refractivity contribution in [3.8, 4) is 101 Å². The number of carbonyl (C=O) groups is 4. The van der Waals surface area contributed by atoms with Gasteiger partial charge in [0.25, 0.3) is 0 Å². The predicted molar refractivity (Wildman–Crippen MR) is 273 cm³/mol. The normalized spacial score (nSPS) is 11.2. The van der Waals surface area contributed by atoms with Crippen molar-refractivity contribution >= 4 is 23.6 Å². The highest BCUT2D eigenvalue weighted by Gasteiger charge is 2.21. The molecule has 70 heavy (non-hydrogen) atoms. The standard InChI is InChI=1S/C58H46N8O4/c1-5-57(69)65-55(42-17-11-8-12-18-42)35-51(61-65)47-21-14-22-48(32-47)52-36-56(66(62-52)58(70)6-2)44-29-25-40(26-30-44)39-23-27-43(28-24-39)54-34-50(60-64(54)38(4)68)46-20-13-19-45(31-46)49-33-53(63(59-49)37(3)67)41-15-9-7-10-16-41/h7-36H,5-6H2,1-4H3. The second-order valence-corrected chi connectivity index (χ2v) is 16.9. The molecule has 0 aliphatic carbocycles. The largest absolute Gasteiger partial charge is 0.273 e. The summed E-state index contributed by atoms with van der Waals surface area (Å²) in [7, 11) is 0. The third-order valence-electron chi connectivity index (χ3n) is 12.3. The molecule has 0 bridgehead atoms. The summed E-state index contributed by atoms with van der Waals surface area (Å²) >= 11 is 0. The Labute approximate surface area is 404 Å². The lowest BCUT2D eigenvalue weighted by Gasteiger charge is -2.08. The van der Waals surface area contributed by atoms with Crippen LogP contribution < -0.4 is 0 Å². The summed E-state index contributed by atoms with van der Waals surface area (Å²) in [6.07, 6.45) is 0.580. The van der Waals surface area contributed by atoms with Gasteiger partial charge in [0.2, 0.25) is 23.6 Å². The summed E-state index contributed by atoms with van der Waals surface area (Å²) in [4.78, 5) is 51.9. The minimum absolute atomic E-state index is 0.102. The van der Waals surface area contributed by atoms with E-state index < -0.39 is 0 Å². The lowest BCUT2D eigenvalue weighted by atomic mass is 10.00. The number of rotatable bonds is 11. The number of hydrogen-bond acceptors (Lipinski definition) is 8. The lowest BCUT2D eigenvalue weighted by molar-refractivity contribution is 0.0887. The molecule has 0 aliphatic rings. The third kappa shape index (κ3) is 8.65. The molecule has 0 aliphatic heterocycles. The quantitative estimate of drug-likeness (QED) is 0.125. The minimum atomic E-state index is -0.226. The summed E-state index contributed by atoms with van der Waals surface area (Å²) in [6, 6.07) is 58.6. The Morgan fingerprint density at radius 2 is 0.571 bits per heavy atom. The van der Waals surface area contributed by atoms with E-state index in [0.29, 0.717) is 46.3 Å². The average Bonchev–Trinajstić information content (AvgIpc) is 4.25. The van der Waals surface area contributed by atoms with Crippen LogP contribution in [-0.4, -0.2) is 62.8 Å². The molecule has 0 spiro atoms. The van der Waals surface area contributed by atoms with Crippen LogP contribution in [0.1, 0.15) is 59.7 Å². The molecule has 0 saturated carbocycles. The number of benzene rings is 6. The lowest BCUT2D eigenvalue weighted by Crippen LogP contribution is -2.12. The maximum atomic E-state index is 13.4. The first-order valence-electron chi connectivity index (χ1n) is 23.1. The zero-order valence-electron chi connectivity index (χ0n) is 38.9. The van der Waals surface area contributed by atoms with Crippen LogP contribution in [0, 0.1) is 0 Å². The fourth-order valence-electron chi connectivity index (χ4n) is 8.63.